The molecule has 2 aliphatic rings. The van der Waals surface area contributed by atoms with E-state index in [1.54, 1.807) is 6.20 Å². The van der Waals surface area contributed by atoms with E-state index in [1.807, 2.05) is 4.90 Å². The number of halogens is 5. The summed E-state index contributed by atoms with van der Waals surface area (Å²) in [6.45, 7) is 2.05. The molecule has 0 N–H and O–H groups in total. The van der Waals surface area contributed by atoms with Gasteiger partial charge in [0.1, 0.15) is 23.7 Å². The summed E-state index contributed by atoms with van der Waals surface area (Å²) < 4.78 is 65.9. The van der Waals surface area contributed by atoms with Gasteiger partial charge in [0.2, 0.25) is 0 Å². The topological polar surface area (TPSA) is 63.0 Å². The Bertz CT molecular complexity index is 1120. The Morgan fingerprint density at radius 2 is 1.78 bits per heavy atom. The number of piperidine rings is 1. The second-order valence-corrected chi connectivity index (χ2v) is 8.22. The molecule has 5 rings (SSSR count). The Labute approximate surface area is 179 Å². The standard InChI is InChI=1S/C20H20F5N7/c21-16(22)11-32-19-15(6-28-32)27-7-18(29-19)30-4-2-12-8-31(10-13(12)9-30)17-5-14(1-3-26-17)20(23,24)25/h1,3,5-7,12-13,16H,2,4,8-11H2/t12-,13-/m1/s1. The lowest BCUT2D eigenvalue weighted by Gasteiger charge is -2.34. The zero-order valence-corrected chi connectivity index (χ0v) is 16.9. The quantitative estimate of drug-likeness (QED) is 0.564. The van der Waals surface area contributed by atoms with Gasteiger partial charge in [0.25, 0.3) is 6.43 Å². The molecule has 2 atom stereocenters. The van der Waals surface area contributed by atoms with Gasteiger partial charge in [0.15, 0.2) is 5.65 Å². The van der Waals surface area contributed by atoms with Crippen LogP contribution in [-0.2, 0) is 12.7 Å². The number of hydrogen-bond acceptors (Lipinski definition) is 6. The fourth-order valence-corrected chi connectivity index (χ4v) is 4.59. The highest BCUT2D eigenvalue weighted by atomic mass is 19.4. The normalized spacial score (nSPS) is 21.6. The number of aromatic nitrogens is 5. The first kappa shape index (κ1) is 20.8. The highest BCUT2D eigenvalue weighted by Crippen LogP contribution is 2.36. The maximum absolute atomic E-state index is 13.1. The molecule has 32 heavy (non-hydrogen) atoms. The van der Waals surface area contributed by atoms with Gasteiger partial charge in [-0.3, -0.25) is 0 Å². The number of fused-ring (bicyclic) bond motifs is 2. The van der Waals surface area contributed by atoms with Crippen LogP contribution < -0.4 is 9.80 Å². The van der Waals surface area contributed by atoms with E-state index in [0.29, 0.717) is 54.9 Å². The average Bonchev–Trinajstić information content (AvgIpc) is 3.36. The van der Waals surface area contributed by atoms with Crippen LogP contribution in [0, 0.1) is 11.8 Å². The third-order valence-electron chi connectivity index (χ3n) is 6.17. The van der Waals surface area contributed by atoms with Gasteiger partial charge in [-0.1, -0.05) is 0 Å². The maximum atomic E-state index is 13.1. The van der Waals surface area contributed by atoms with E-state index in [2.05, 4.69) is 25.0 Å². The fourth-order valence-electron chi connectivity index (χ4n) is 4.59. The van der Waals surface area contributed by atoms with E-state index in [9.17, 15) is 22.0 Å². The summed E-state index contributed by atoms with van der Waals surface area (Å²) in [5.41, 5.74) is 0.0565. The molecule has 0 spiro atoms. The lowest BCUT2D eigenvalue weighted by Crippen LogP contribution is -2.40. The third-order valence-corrected chi connectivity index (χ3v) is 6.17. The van der Waals surface area contributed by atoms with Gasteiger partial charge in [-0.05, 0) is 30.4 Å². The van der Waals surface area contributed by atoms with Crippen LogP contribution in [-0.4, -0.2) is 57.3 Å². The molecule has 5 heterocycles. The lowest BCUT2D eigenvalue weighted by atomic mass is 9.89. The van der Waals surface area contributed by atoms with Crippen LogP contribution in [0.25, 0.3) is 11.2 Å². The van der Waals surface area contributed by atoms with Gasteiger partial charge in [-0.2, -0.15) is 18.3 Å². The Morgan fingerprint density at radius 1 is 1.00 bits per heavy atom. The Morgan fingerprint density at radius 3 is 2.56 bits per heavy atom. The van der Waals surface area contributed by atoms with Gasteiger partial charge in [-0.25, -0.2) is 28.4 Å². The third kappa shape index (κ3) is 3.93. The van der Waals surface area contributed by atoms with Crippen molar-refractivity contribution in [2.45, 2.75) is 25.6 Å². The second kappa shape index (κ2) is 7.82. The summed E-state index contributed by atoms with van der Waals surface area (Å²) in [6, 6.07) is 2.07. The molecule has 2 aliphatic heterocycles. The van der Waals surface area contributed by atoms with E-state index < -0.39 is 24.7 Å². The predicted octanol–water partition coefficient (Wildman–Crippen LogP) is 3.47. The number of alkyl halides is 5. The van der Waals surface area contributed by atoms with Crippen molar-refractivity contribution in [3.8, 4) is 0 Å². The van der Waals surface area contributed by atoms with Crippen molar-refractivity contribution in [1.82, 2.24) is 24.7 Å². The first-order chi connectivity index (χ1) is 15.3. The van der Waals surface area contributed by atoms with Gasteiger partial charge in [0.05, 0.1) is 18.0 Å². The molecule has 3 aromatic rings. The largest absolute Gasteiger partial charge is 0.416 e. The number of nitrogens with zero attached hydrogens (tertiary/aromatic N) is 7. The summed E-state index contributed by atoms with van der Waals surface area (Å²) in [6.07, 6.45) is -1.89. The summed E-state index contributed by atoms with van der Waals surface area (Å²) >= 11 is 0. The monoisotopic (exact) mass is 453 g/mol. The Kier molecular flexibility index (Phi) is 5.09. The zero-order chi connectivity index (χ0) is 22.5. The van der Waals surface area contributed by atoms with Crippen molar-refractivity contribution >= 4 is 22.8 Å². The molecule has 0 radical (unpaired) electrons. The molecule has 0 aliphatic carbocycles. The van der Waals surface area contributed by atoms with E-state index in [-0.39, 0.29) is 5.92 Å². The molecule has 2 saturated heterocycles. The highest BCUT2D eigenvalue weighted by molar-refractivity contribution is 5.71. The van der Waals surface area contributed by atoms with Crippen molar-refractivity contribution in [2.24, 2.45) is 11.8 Å². The molecular formula is C20H20F5N7. The van der Waals surface area contributed by atoms with Crippen molar-refractivity contribution in [3.63, 3.8) is 0 Å². The first-order valence-electron chi connectivity index (χ1n) is 10.3. The number of rotatable bonds is 4. The minimum atomic E-state index is -4.41. The molecular weight excluding hydrogens is 433 g/mol. The summed E-state index contributed by atoms with van der Waals surface area (Å²) in [5.74, 6) is 1.48. The van der Waals surface area contributed by atoms with Crippen molar-refractivity contribution < 1.29 is 22.0 Å². The Hall–Kier alpha value is -3.05. The van der Waals surface area contributed by atoms with E-state index in [4.69, 9.17) is 0 Å². The van der Waals surface area contributed by atoms with Crippen molar-refractivity contribution in [2.75, 3.05) is 36.0 Å². The first-order valence-corrected chi connectivity index (χ1v) is 10.3. The maximum Gasteiger partial charge on any atom is 0.416 e. The smallest absolute Gasteiger partial charge is 0.356 e. The molecule has 12 heteroatoms. The van der Waals surface area contributed by atoms with Crippen molar-refractivity contribution in [3.05, 3.63) is 36.3 Å². The van der Waals surface area contributed by atoms with E-state index in [0.717, 1.165) is 23.2 Å². The van der Waals surface area contributed by atoms with Crippen LogP contribution in [0.15, 0.2) is 30.7 Å². The van der Waals surface area contributed by atoms with Gasteiger partial charge >= 0.3 is 6.18 Å². The molecule has 170 valence electrons. The molecule has 7 nitrogen and oxygen atoms in total. The minimum absolute atomic E-state index is 0.226. The van der Waals surface area contributed by atoms with Crippen molar-refractivity contribution in [1.29, 1.82) is 0 Å². The van der Waals surface area contributed by atoms with Gasteiger partial charge in [0, 0.05) is 32.4 Å². The van der Waals surface area contributed by atoms with Gasteiger partial charge in [-0.15, -0.1) is 0 Å². The van der Waals surface area contributed by atoms with Gasteiger partial charge < -0.3 is 9.80 Å². The molecule has 0 amide bonds. The number of pyridine rings is 1. The lowest BCUT2D eigenvalue weighted by molar-refractivity contribution is -0.137. The highest BCUT2D eigenvalue weighted by Gasteiger charge is 2.39. The molecule has 2 fully saturated rings. The SMILES string of the molecule is FC(F)Cn1ncc2ncc(N3CC[C@@H]4CN(c5cc(C(F)(F)F)ccn5)C[C@H]4C3)nc21. The minimum Gasteiger partial charge on any atom is -0.356 e. The van der Waals surface area contributed by atoms with Crippen LogP contribution in [0.2, 0.25) is 0 Å². The zero-order valence-electron chi connectivity index (χ0n) is 16.9. The van der Waals surface area contributed by atoms with Crippen LogP contribution in [0.1, 0.15) is 12.0 Å². The van der Waals surface area contributed by atoms with E-state index in [1.165, 1.54) is 12.4 Å². The van der Waals surface area contributed by atoms with Crippen LogP contribution in [0.3, 0.4) is 0 Å². The number of hydrogen-bond donors (Lipinski definition) is 0. The van der Waals surface area contributed by atoms with Crippen LogP contribution in [0.4, 0.5) is 33.6 Å². The molecule has 0 saturated carbocycles. The van der Waals surface area contributed by atoms with Crippen LogP contribution >= 0.6 is 0 Å². The summed E-state index contributed by atoms with van der Waals surface area (Å²) in [5, 5.41) is 3.94. The fraction of sp³-hybridized carbons (Fsp3) is 0.500. The summed E-state index contributed by atoms with van der Waals surface area (Å²) in [7, 11) is 0. The molecule has 0 unspecified atom stereocenters. The molecule has 0 aromatic carbocycles. The second-order valence-electron chi connectivity index (χ2n) is 8.22. The molecule has 0 bridgehead atoms. The van der Waals surface area contributed by atoms with E-state index >= 15 is 0 Å². The number of anilines is 2. The average molecular weight is 453 g/mol. The van der Waals surface area contributed by atoms with Crippen LogP contribution in [0.5, 0.6) is 0 Å². The molecule has 3 aromatic heterocycles. The summed E-state index contributed by atoms with van der Waals surface area (Å²) in [4.78, 5) is 16.9. The predicted molar refractivity (Wildman–Crippen MR) is 107 cm³/mol. The Balaban J connectivity index is 1.32.